The smallest absolute Gasteiger partial charge is 0.231 e. The summed E-state index contributed by atoms with van der Waals surface area (Å²) in [5, 5.41) is 12.4. The summed E-state index contributed by atoms with van der Waals surface area (Å²) in [5.41, 5.74) is 6.87. The van der Waals surface area contributed by atoms with Crippen molar-refractivity contribution in [2.45, 2.75) is 52.4 Å². The number of aromatic amines is 1. The third-order valence-corrected chi connectivity index (χ3v) is 8.77. The number of H-pyrrole nitrogens is 1. The highest BCUT2D eigenvalue weighted by Gasteiger charge is 2.36. The molecule has 0 saturated heterocycles. The van der Waals surface area contributed by atoms with E-state index in [4.69, 9.17) is 9.40 Å². The molecule has 1 fully saturated rings. The Labute approximate surface area is 237 Å². The lowest BCUT2D eigenvalue weighted by molar-refractivity contribution is -0.121. The number of aryl methyl sites for hydroxylation is 1. The number of ketones is 1. The van der Waals surface area contributed by atoms with Crippen LogP contribution in [0.5, 0.6) is 0 Å². The topological polar surface area (TPSA) is 101 Å². The van der Waals surface area contributed by atoms with Crippen LogP contribution in [-0.4, -0.2) is 26.9 Å². The van der Waals surface area contributed by atoms with Gasteiger partial charge < -0.3 is 9.73 Å². The molecule has 5 aromatic rings. The van der Waals surface area contributed by atoms with Crippen LogP contribution in [0.15, 0.2) is 64.5 Å². The summed E-state index contributed by atoms with van der Waals surface area (Å²) in [4.78, 5) is 32.2. The van der Waals surface area contributed by atoms with E-state index in [1.54, 1.807) is 6.20 Å². The van der Waals surface area contributed by atoms with Gasteiger partial charge in [0.15, 0.2) is 11.4 Å². The van der Waals surface area contributed by atoms with Gasteiger partial charge in [-0.2, -0.15) is 5.10 Å². The SMILES string of the molecule is Cc1ccc(C(C)C)c2oc(-c3cn[nH]c3-c3cccc(NC(=O)[C@@H]4CCCC[C@@H]4C(=O)c4cccs4)c3)nc12. The standard InChI is InChI=1S/C32H32N4O3S/c1-18(2)22-14-13-19(3)27-30(22)39-32(35-27)25-17-33-36-28(25)20-8-6-9-21(16-20)34-31(38)24-11-5-4-10-23(24)29(37)26-12-7-15-40-26/h6-9,12-18,23-24H,4-5,10-11H2,1-3H3,(H,33,36)(H,34,38)/t23-,24+/m0/s1. The van der Waals surface area contributed by atoms with Gasteiger partial charge in [-0.15, -0.1) is 11.3 Å². The number of rotatable bonds is 7. The van der Waals surface area contributed by atoms with Crippen molar-refractivity contribution in [2.24, 2.45) is 11.8 Å². The van der Waals surface area contributed by atoms with Crippen LogP contribution in [0.2, 0.25) is 0 Å². The Balaban J connectivity index is 1.27. The number of amides is 1. The molecule has 0 radical (unpaired) electrons. The second-order valence-electron chi connectivity index (χ2n) is 10.9. The zero-order valence-corrected chi connectivity index (χ0v) is 23.7. The minimum absolute atomic E-state index is 0.0832. The molecule has 40 heavy (non-hydrogen) atoms. The zero-order valence-electron chi connectivity index (χ0n) is 22.9. The van der Waals surface area contributed by atoms with Crippen molar-refractivity contribution >= 4 is 39.8 Å². The predicted octanol–water partition coefficient (Wildman–Crippen LogP) is 8.01. The van der Waals surface area contributed by atoms with Gasteiger partial charge >= 0.3 is 0 Å². The van der Waals surface area contributed by atoms with E-state index in [0.29, 0.717) is 23.9 Å². The summed E-state index contributed by atoms with van der Waals surface area (Å²) in [6.07, 6.45) is 5.10. The Morgan fingerprint density at radius 1 is 1.07 bits per heavy atom. The first-order valence-electron chi connectivity index (χ1n) is 13.8. The quantitative estimate of drug-likeness (QED) is 0.199. The molecule has 2 N–H and O–H groups in total. The molecule has 1 saturated carbocycles. The first-order chi connectivity index (χ1) is 19.4. The minimum atomic E-state index is -0.340. The summed E-state index contributed by atoms with van der Waals surface area (Å²) in [5.74, 6) is 0.159. The molecule has 0 unspecified atom stereocenters. The molecule has 0 bridgehead atoms. The number of nitrogens with one attached hydrogen (secondary N) is 2. The molecule has 2 aromatic carbocycles. The maximum atomic E-state index is 13.5. The fraction of sp³-hybridized carbons (Fsp3) is 0.312. The van der Waals surface area contributed by atoms with Crippen LogP contribution >= 0.6 is 11.3 Å². The molecule has 2 atom stereocenters. The van der Waals surface area contributed by atoms with Gasteiger partial charge in [0.2, 0.25) is 11.8 Å². The summed E-state index contributed by atoms with van der Waals surface area (Å²) in [6.45, 7) is 6.32. The number of fused-ring (bicyclic) bond motifs is 1. The van der Waals surface area contributed by atoms with E-state index in [1.807, 2.05) is 48.7 Å². The number of anilines is 1. The van der Waals surface area contributed by atoms with Gasteiger partial charge in [-0.1, -0.05) is 57.0 Å². The molecule has 7 nitrogen and oxygen atoms in total. The minimum Gasteiger partial charge on any atom is -0.436 e. The highest BCUT2D eigenvalue weighted by molar-refractivity contribution is 7.12. The number of benzene rings is 2. The molecule has 1 aliphatic carbocycles. The first kappa shape index (κ1) is 26.2. The largest absolute Gasteiger partial charge is 0.436 e. The van der Waals surface area contributed by atoms with Gasteiger partial charge in [0.25, 0.3) is 0 Å². The Kier molecular flexibility index (Phi) is 7.11. The van der Waals surface area contributed by atoms with Crippen LogP contribution in [0.25, 0.3) is 33.8 Å². The van der Waals surface area contributed by atoms with Crippen molar-refractivity contribution < 1.29 is 14.0 Å². The average molecular weight is 553 g/mol. The van der Waals surface area contributed by atoms with Crippen LogP contribution in [0, 0.1) is 18.8 Å². The van der Waals surface area contributed by atoms with Crippen molar-refractivity contribution in [3.63, 3.8) is 0 Å². The lowest BCUT2D eigenvalue weighted by atomic mass is 9.76. The zero-order chi connectivity index (χ0) is 27.8. The highest BCUT2D eigenvalue weighted by Crippen LogP contribution is 2.37. The van der Waals surface area contributed by atoms with E-state index in [2.05, 4.69) is 41.5 Å². The van der Waals surface area contributed by atoms with Crippen molar-refractivity contribution in [2.75, 3.05) is 5.32 Å². The Bertz CT molecular complexity index is 1680. The maximum Gasteiger partial charge on any atom is 0.231 e. The molecular weight excluding hydrogens is 520 g/mol. The fourth-order valence-electron chi connectivity index (χ4n) is 5.74. The number of hydrogen-bond donors (Lipinski definition) is 2. The summed E-state index contributed by atoms with van der Waals surface area (Å²) in [7, 11) is 0. The molecule has 204 valence electrons. The molecule has 8 heteroatoms. The van der Waals surface area contributed by atoms with Crippen molar-refractivity contribution in [3.8, 4) is 22.7 Å². The summed E-state index contributed by atoms with van der Waals surface area (Å²) >= 11 is 1.44. The Hall–Kier alpha value is -4.04. The molecule has 1 amide bonds. The number of Topliss-reactive ketones (excluding diaryl/α,β-unsaturated/α-hetero) is 1. The molecule has 6 rings (SSSR count). The maximum absolute atomic E-state index is 13.5. The van der Waals surface area contributed by atoms with Crippen molar-refractivity contribution in [1.82, 2.24) is 15.2 Å². The predicted molar refractivity (Wildman–Crippen MR) is 159 cm³/mol. The fourth-order valence-corrected chi connectivity index (χ4v) is 6.47. The van der Waals surface area contributed by atoms with Gasteiger partial charge in [0.05, 0.1) is 22.3 Å². The second-order valence-corrected chi connectivity index (χ2v) is 11.8. The number of thiophene rings is 1. The van der Waals surface area contributed by atoms with Crippen LogP contribution < -0.4 is 5.32 Å². The molecule has 0 aliphatic heterocycles. The number of aromatic nitrogens is 3. The van der Waals surface area contributed by atoms with Crippen molar-refractivity contribution in [1.29, 1.82) is 0 Å². The van der Waals surface area contributed by atoms with Crippen molar-refractivity contribution in [3.05, 3.63) is 76.1 Å². The number of carbonyl (C=O) groups is 2. The van der Waals surface area contributed by atoms with E-state index >= 15 is 0 Å². The van der Waals surface area contributed by atoms with E-state index < -0.39 is 0 Å². The first-order valence-corrected chi connectivity index (χ1v) is 14.7. The second kappa shape index (κ2) is 10.8. The van der Waals surface area contributed by atoms with Crippen LogP contribution in [0.3, 0.4) is 0 Å². The van der Waals surface area contributed by atoms with E-state index in [9.17, 15) is 9.59 Å². The summed E-state index contributed by atoms with van der Waals surface area (Å²) in [6, 6.07) is 15.6. The number of carbonyl (C=O) groups excluding carboxylic acids is 2. The molecule has 3 heterocycles. The number of oxazole rings is 1. The normalized spacial score (nSPS) is 17.4. The van der Waals surface area contributed by atoms with Gasteiger partial charge in [0, 0.05) is 23.1 Å². The molecule has 3 aromatic heterocycles. The summed E-state index contributed by atoms with van der Waals surface area (Å²) < 4.78 is 6.31. The third kappa shape index (κ3) is 4.88. The van der Waals surface area contributed by atoms with E-state index in [-0.39, 0.29) is 23.5 Å². The third-order valence-electron chi connectivity index (χ3n) is 7.89. The van der Waals surface area contributed by atoms with Crippen LogP contribution in [-0.2, 0) is 4.79 Å². The van der Waals surface area contributed by atoms with Crippen LogP contribution in [0.4, 0.5) is 5.69 Å². The lowest BCUT2D eigenvalue weighted by Gasteiger charge is -2.29. The molecular formula is C32H32N4O3S. The van der Waals surface area contributed by atoms with E-state index in [1.165, 1.54) is 11.3 Å². The monoisotopic (exact) mass is 552 g/mol. The molecule has 1 aliphatic rings. The highest BCUT2D eigenvalue weighted by atomic mass is 32.1. The average Bonchev–Trinajstić information content (AvgIpc) is 3.74. The molecule has 0 spiro atoms. The van der Waals surface area contributed by atoms with Gasteiger partial charge in [-0.25, -0.2) is 4.98 Å². The van der Waals surface area contributed by atoms with E-state index in [0.717, 1.165) is 63.2 Å². The number of nitrogens with zero attached hydrogens (tertiary/aromatic N) is 2. The number of hydrogen-bond acceptors (Lipinski definition) is 6. The van der Waals surface area contributed by atoms with Crippen LogP contribution in [0.1, 0.15) is 66.2 Å². The Morgan fingerprint density at radius 2 is 1.90 bits per heavy atom. The van der Waals surface area contributed by atoms with Gasteiger partial charge in [-0.05, 0) is 60.4 Å². The van der Waals surface area contributed by atoms with Gasteiger partial charge in [-0.3, -0.25) is 14.7 Å². The Morgan fingerprint density at radius 3 is 2.67 bits per heavy atom. The lowest BCUT2D eigenvalue weighted by Crippen LogP contribution is -2.36. The van der Waals surface area contributed by atoms with Gasteiger partial charge in [0.1, 0.15) is 5.52 Å².